The van der Waals surface area contributed by atoms with Gasteiger partial charge in [-0.05, 0) is 13.8 Å². The van der Waals surface area contributed by atoms with Gasteiger partial charge in [0.2, 0.25) is 0 Å². The summed E-state index contributed by atoms with van der Waals surface area (Å²) in [5.74, 6) is 0. The minimum atomic E-state index is -1.92. The predicted molar refractivity (Wildman–Crippen MR) is 49.3 cm³/mol. The lowest BCUT2D eigenvalue weighted by atomic mass is 10.8. The van der Waals surface area contributed by atoms with Crippen molar-refractivity contribution in [2.75, 3.05) is 0 Å². The molecule has 0 fully saturated rings. The van der Waals surface area contributed by atoms with Crippen LogP contribution >= 0.6 is 0 Å². The molecule has 0 aliphatic heterocycles. The van der Waals surface area contributed by atoms with Crippen molar-refractivity contribution in [3.63, 3.8) is 0 Å². The molecule has 0 N–H and O–H groups in total. The van der Waals surface area contributed by atoms with Crippen LogP contribution in [0.1, 0.15) is 13.8 Å². The molecule has 64 valence electrons. The number of allylic oxidation sites excluding steroid dienone is 2. The summed E-state index contributed by atoms with van der Waals surface area (Å²) in [6.45, 7) is 7.82. The summed E-state index contributed by atoms with van der Waals surface area (Å²) in [7, 11) is -1.92. The summed E-state index contributed by atoms with van der Waals surface area (Å²) in [5, 5.41) is 0. The lowest BCUT2D eigenvalue weighted by Gasteiger charge is -2.19. The average molecular weight is 172 g/mol. The van der Waals surface area contributed by atoms with Crippen LogP contribution in [0.25, 0.3) is 0 Å². The van der Waals surface area contributed by atoms with E-state index in [-0.39, 0.29) is 0 Å². The number of hydrogen-bond donors (Lipinski definition) is 0. The third-order valence-electron chi connectivity index (χ3n) is 0.976. The maximum atomic E-state index is 5.37. The maximum absolute atomic E-state index is 5.37. The quantitative estimate of drug-likeness (QED) is 0.479. The Morgan fingerprint density at radius 2 is 1.27 bits per heavy atom. The van der Waals surface area contributed by atoms with Crippen LogP contribution in [0.3, 0.4) is 0 Å². The van der Waals surface area contributed by atoms with Crippen LogP contribution in [0.5, 0.6) is 0 Å². The topological polar surface area (TPSA) is 18.5 Å². The standard InChI is InChI=1S/C8H16O2Si/c1-5-7-9-11(3,4)10-8-6-2/h5-8H,1-4H3/b7-5+,8-6+. The largest absolute Gasteiger partial charge is 0.519 e. The molecule has 0 rings (SSSR count). The van der Waals surface area contributed by atoms with Gasteiger partial charge in [-0.3, -0.25) is 0 Å². The minimum Gasteiger partial charge on any atom is -0.519 e. The fraction of sp³-hybridized carbons (Fsp3) is 0.500. The molecule has 0 aliphatic rings. The first-order valence-electron chi connectivity index (χ1n) is 3.70. The molecule has 0 saturated heterocycles. The van der Waals surface area contributed by atoms with E-state index in [0.717, 1.165) is 0 Å². The van der Waals surface area contributed by atoms with Gasteiger partial charge in [0, 0.05) is 13.1 Å². The van der Waals surface area contributed by atoms with Gasteiger partial charge in [-0.1, -0.05) is 12.2 Å². The zero-order chi connectivity index (χ0) is 8.74. The first kappa shape index (κ1) is 10.3. The second-order valence-electron chi connectivity index (χ2n) is 2.57. The molecule has 0 aliphatic carbocycles. The maximum Gasteiger partial charge on any atom is 0.453 e. The molecular formula is C8H16O2Si. The molecule has 3 heteroatoms. The van der Waals surface area contributed by atoms with Gasteiger partial charge >= 0.3 is 8.56 Å². The second kappa shape index (κ2) is 5.01. The van der Waals surface area contributed by atoms with E-state index in [1.807, 2.05) is 39.1 Å². The van der Waals surface area contributed by atoms with Gasteiger partial charge in [-0.15, -0.1) is 0 Å². The van der Waals surface area contributed by atoms with Gasteiger partial charge < -0.3 is 8.85 Å². The molecule has 0 bridgehead atoms. The molecule has 0 aromatic heterocycles. The van der Waals surface area contributed by atoms with E-state index >= 15 is 0 Å². The first-order chi connectivity index (χ1) is 5.12. The van der Waals surface area contributed by atoms with Gasteiger partial charge in [0.05, 0.1) is 12.5 Å². The van der Waals surface area contributed by atoms with E-state index < -0.39 is 8.56 Å². The summed E-state index contributed by atoms with van der Waals surface area (Å²) in [6, 6.07) is 0. The Balaban J connectivity index is 3.78. The molecule has 0 spiro atoms. The molecule has 2 nitrogen and oxygen atoms in total. The molecule has 0 atom stereocenters. The normalized spacial score (nSPS) is 12.7. The summed E-state index contributed by atoms with van der Waals surface area (Å²) < 4.78 is 10.7. The number of hydrogen-bond acceptors (Lipinski definition) is 2. The van der Waals surface area contributed by atoms with Gasteiger partial charge in [0.1, 0.15) is 0 Å². The highest BCUT2D eigenvalue weighted by molar-refractivity contribution is 6.64. The Morgan fingerprint density at radius 1 is 0.909 bits per heavy atom. The van der Waals surface area contributed by atoms with Crippen molar-refractivity contribution >= 4 is 8.56 Å². The fourth-order valence-electron chi connectivity index (χ4n) is 0.492. The van der Waals surface area contributed by atoms with Crippen LogP contribution < -0.4 is 0 Å². The van der Waals surface area contributed by atoms with Crippen molar-refractivity contribution in [3.05, 3.63) is 24.7 Å². The van der Waals surface area contributed by atoms with Crippen molar-refractivity contribution < 1.29 is 8.85 Å². The molecule has 0 amide bonds. The summed E-state index contributed by atoms with van der Waals surface area (Å²) in [5.41, 5.74) is 0. The molecule has 0 aromatic carbocycles. The molecular weight excluding hydrogens is 156 g/mol. The predicted octanol–water partition coefficient (Wildman–Crippen LogP) is 2.79. The van der Waals surface area contributed by atoms with Gasteiger partial charge in [0.15, 0.2) is 0 Å². The molecule has 0 radical (unpaired) electrons. The van der Waals surface area contributed by atoms with E-state index in [2.05, 4.69) is 0 Å². The Hall–Kier alpha value is -0.703. The van der Waals surface area contributed by atoms with Crippen molar-refractivity contribution in [1.29, 1.82) is 0 Å². The van der Waals surface area contributed by atoms with Crippen LogP contribution in [0.2, 0.25) is 13.1 Å². The van der Waals surface area contributed by atoms with Crippen molar-refractivity contribution in [2.24, 2.45) is 0 Å². The molecule has 0 unspecified atom stereocenters. The summed E-state index contributed by atoms with van der Waals surface area (Å²) in [4.78, 5) is 0. The Kier molecular flexibility index (Phi) is 4.69. The van der Waals surface area contributed by atoms with E-state index in [9.17, 15) is 0 Å². The second-order valence-corrected chi connectivity index (χ2v) is 5.85. The molecule has 0 aromatic rings. The zero-order valence-electron chi connectivity index (χ0n) is 7.63. The zero-order valence-corrected chi connectivity index (χ0v) is 8.63. The summed E-state index contributed by atoms with van der Waals surface area (Å²) in [6.07, 6.45) is 7.06. The Bertz CT molecular complexity index is 134. The number of rotatable bonds is 4. The van der Waals surface area contributed by atoms with E-state index in [1.165, 1.54) is 0 Å². The monoisotopic (exact) mass is 172 g/mol. The third-order valence-corrected chi connectivity index (χ3v) is 2.38. The molecule has 0 saturated carbocycles. The van der Waals surface area contributed by atoms with E-state index in [4.69, 9.17) is 8.85 Å². The average Bonchev–Trinajstić information content (AvgIpc) is 1.97. The van der Waals surface area contributed by atoms with E-state index in [1.54, 1.807) is 12.5 Å². The van der Waals surface area contributed by atoms with Crippen LogP contribution in [-0.2, 0) is 8.85 Å². The van der Waals surface area contributed by atoms with Crippen LogP contribution in [0.4, 0.5) is 0 Å². The molecule has 0 heterocycles. The van der Waals surface area contributed by atoms with Crippen molar-refractivity contribution in [1.82, 2.24) is 0 Å². The van der Waals surface area contributed by atoms with Gasteiger partial charge in [0.25, 0.3) is 0 Å². The highest BCUT2D eigenvalue weighted by atomic mass is 28.4. The van der Waals surface area contributed by atoms with Crippen LogP contribution in [-0.4, -0.2) is 8.56 Å². The lowest BCUT2D eigenvalue weighted by Crippen LogP contribution is -2.30. The highest BCUT2D eigenvalue weighted by Gasteiger charge is 2.24. The van der Waals surface area contributed by atoms with Gasteiger partial charge in [-0.25, -0.2) is 0 Å². The van der Waals surface area contributed by atoms with Crippen LogP contribution in [0.15, 0.2) is 24.7 Å². The van der Waals surface area contributed by atoms with Gasteiger partial charge in [-0.2, -0.15) is 0 Å². The highest BCUT2D eigenvalue weighted by Crippen LogP contribution is 2.06. The van der Waals surface area contributed by atoms with Crippen molar-refractivity contribution in [2.45, 2.75) is 26.9 Å². The smallest absolute Gasteiger partial charge is 0.453 e. The lowest BCUT2D eigenvalue weighted by molar-refractivity contribution is 0.319. The van der Waals surface area contributed by atoms with E-state index in [0.29, 0.717) is 0 Å². The first-order valence-corrected chi connectivity index (χ1v) is 6.52. The third kappa shape index (κ3) is 5.73. The summed E-state index contributed by atoms with van der Waals surface area (Å²) >= 11 is 0. The Morgan fingerprint density at radius 3 is 1.55 bits per heavy atom. The fourth-order valence-corrected chi connectivity index (χ4v) is 1.47. The molecule has 11 heavy (non-hydrogen) atoms. The Labute approximate surface area is 69.8 Å². The minimum absolute atomic E-state index is 1.68. The van der Waals surface area contributed by atoms with Crippen molar-refractivity contribution in [3.8, 4) is 0 Å². The SMILES string of the molecule is C/C=C/O[Si](C)(C)O/C=C/C. The van der Waals surface area contributed by atoms with Crippen LogP contribution in [0, 0.1) is 0 Å².